The van der Waals surface area contributed by atoms with Gasteiger partial charge in [-0.1, -0.05) is 19.1 Å². The first kappa shape index (κ1) is 20.1. The highest BCUT2D eigenvalue weighted by Gasteiger charge is 2.16. The quantitative estimate of drug-likeness (QED) is 0.726. The molecule has 0 unspecified atom stereocenters. The molecule has 2 aromatic carbocycles. The van der Waals surface area contributed by atoms with Crippen LogP contribution in [0.3, 0.4) is 0 Å². The molecule has 0 radical (unpaired) electrons. The Bertz CT molecular complexity index is 766. The molecular formula is C23H31N3O2. The van der Waals surface area contributed by atoms with Crippen molar-refractivity contribution in [2.24, 2.45) is 5.92 Å². The number of hydrogen-bond donors (Lipinski definition) is 2. The standard InChI is InChI=1S/C23H31N3O2/c1-17(2)28-22-7-5-4-6-21(22)24-16-23(27)25-19-8-10-20(11-9-19)26-14-12-18(3)13-15-26/h4-11,17-18,24H,12-16H2,1-3H3,(H,25,27). The molecule has 1 aliphatic rings. The second-order valence-corrected chi connectivity index (χ2v) is 7.78. The van der Waals surface area contributed by atoms with Gasteiger partial charge in [0.05, 0.1) is 18.3 Å². The fraction of sp³-hybridized carbons (Fsp3) is 0.435. The Balaban J connectivity index is 1.51. The number of ether oxygens (including phenoxy) is 1. The number of carbonyl (C=O) groups excluding carboxylic acids is 1. The summed E-state index contributed by atoms with van der Waals surface area (Å²) in [6.45, 7) is 8.68. The van der Waals surface area contributed by atoms with Crippen LogP contribution in [-0.2, 0) is 4.79 Å². The highest BCUT2D eigenvalue weighted by molar-refractivity contribution is 5.94. The van der Waals surface area contributed by atoms with Crippen LogP contribution in [-0.4, -0.2) is 31.6 Å². The minimum Gasteiger partial charge on any atom is -0.489 e. The number of para-hydroxylation sites is 2. The molecule has 1 aliphatic heterocycles. The maximum atomic E-state index is 12.3. The lowest BCUT2D eigenvalue weighted by molar-refractivity contribution is -0.114. The van der Waals surface area contributed by atoms with Crippen molar-refractivity contribution >= 4 is 23.0 Å². The molecular weight excluding hydrogens is 350 g/mol. The van der Waals surface area contributed by atoms with Crippen molar-refractivity contribution in [1.82, 2.24) is 0 Å². The van der Waals surface area contributed by atoms with Gasteiger partial charge in [0.15, 0.2) is 0 Å². The van der Waals surface area contributed by atoms with Crippen LogP contribution in [0.25, 0.3) is 0 Å². The van der Waals surface area contributed by atoms with Crippen LogP contribution in [0, 0.1) is 5.92 Å². The number of anilines is 3. The molecule has 1 heterocycles. The Labute approximate surface area is 168 Å². The molecule has 1 saturated heterocycles. The Morgan fingerprint density at radius 1 is 1.11 bits per heavy atom. The number of piperidine rings is 1. The number of amides is 1. The lowest BCUT2D eigenvalue weighted by atomic mass is 9.99. The normalized spacial score (nSPS) is 14.8. The minimum atomic E-state index is -0.0844. The Morgan fingerprint density at radius 3 is 2.46 bits per heavy atom. The zero-order valence-corrected chi connectivity index (χ0v) is 17.1. The number of rotatable bonds is 7. The van der Waals surface area contributed by atoms with Crippen LogP contribution < -0.4 is 20.3 Å². The van der Waals surface area contributed by atoms with E-state index < -0.39 is 0 Å². The maximum Gasteiger partial charge on any atom is 0.243 e. The van der Waals surface area contributed by atoms with Crippen molar-refractivity contribution in [3.8, 4) is 5.75 Å². The van der Waals surface area contributed by atoms with Gasteiger partial charge in [0.2, 0.25) is 5.91 Å². The first-order valence-electron chi connectivity index (χ1n) is 10.2. The van der Waals surface area contributed by atoms with E-state index >= 15 is 0 Å². The van der Waals surface area contributed by atoms with E-state index in [9.17, 15) is 4.79 Å². The zero-order valence-electron chi connectivity index (χ0n) is 17.1. The third kappa shape index (κ3) is 5.65. The summed E-state index contributed by atoms with van der Waals surface area (Å²) in [5, 5.41) is 6.11. The summed E-state index contributed by atoms with van der Waals surface area (Å²) in [5.41, 5.74) is 2.86. The number of benzene rings is 2. The van der Waals surface area contributed by atoms with E-state index in [2.05, 4.69) is 34.6 Å². The Hall–Kier alpha value is -2.69. The van der Waals surface area contributed by atoms with Gasteiger partial charge in [-0.3, -0.25) is 4.79 Å². The van der Waals surface area contributed by atoms with Gasteiger partial charge < -0.3 is 20.3 Å². The summed E-state index contributed by atoms with van der Waals surface area (Å²) in [4.78, 5) is 14.7. The molecule has 5 nitrogen and oxygen atoms in total. The molecule has 0 atom stereocenters. The number of nitrogens with one attached hydrogen (secondary N) is 2. The number of hydrogen-bond acceptors (Lipinski definition) is 4. The maximum absolute atomic E-state index is 12.3. The van der Waals surface area contributed by atoms with Gasteiger partial charge in [0.25, 0.3) is 0 Å². The summed E-state index contributed by atoms with van der Waals surface area (Å²) >= 11 is 0. The minimum absolute atomic E-state index is 0.0819. The van der Waals surface area contributed by atoms with Gasteiger partial charge in [-0.05, 0) is 69.0 Å². The SMILES string of the molecule is CC1CCN(c2ccc(NC(=O)CNc3ccccc3OC(C)C)cc2)CC1. The predicted octanol–water partition coefficient (Wildman–Crippen LogP) is 4.76. The molecule has 5 heteroatoms. The van der Waals surface area contributed by atoms with Gasteiger partial charge in [-0.25, -0.2) is 0 Å². The van der Waals surface area contributed by atoms with Crippen LogP contribution in [0.15, 0.2) is 48.5 Å². The topological polar surface area (TPSA) is 53.6 Å². The van der Waals surface area contributed by atoms with Crippen molar-refractivity contribution in [2.75, 3.05) is 35.2 Å². The van der Waals surface area contributed by atoms with E-state index in [1.807, 2.05) is 50.2 Å². The van der Waals surface area contributed by atoms with E-state index in [4.69, 9.17) is 4.74 Å². The molecule has 0 aromatic heterocycles. The summed E-state index contributed by atoms with van der Waals surface area (Å²) in [6, 6.07) is 15.8. The van der Waals surface area contributed by atoms with Crippen molar-refractivity contribution in [2.45, 2.75) is 39.7 Å². The molecule has 0 saturated carbocycles. The van der Waals surface area contributed by atoms with E-state index in [1.165, 1.54) is 18.5 Å². The lowest BCUT2D eigenvalue weighted by Gasteiger charge is -2.32. The second kappa shape index (κ2) is 9.49. The predicted molar refractivity (Wildman–Crippen MR) is 116 cm³/mol. The third-order valence-corrected chi connectivity index (χ3v) is 4.99. The smallest absolute Gasteiger partial charge is 0.243 e. The second-order valence-electron chi connectivity index (χ2n) is 7.78. The molecule has 1 fully saturated rings. The van der Waals surface area contributed by atoms with Crippen LogP contribution >= 0.6 is 0 Å². The van der Waals surface area contributed by atoms with E-state index in [1.54, 1.807) is 0 Å². The van der Waals surface area contributed by atoms with E-state index in [0.717, 1.165) is 36.1 Å². The molecule has 1 amide bonds. The molecule has 3 rings (SSSR count). The molecule has 0 aliphatic carbocycles. The average Bonchev–Trinajstić information content (AvgIpc) is 2.68. The Morgan fingerprint density at radius 2 is 1.79 bits per heavy atom. The monoisotopic (exact) mass is 381 g/mol. The first-order chi connectivity index (χ1) is 13.5. The summed E-state index contributed by atoms with van der Waals surface area (Å²) < 4.78 is 5.77. The van der Waals surface area contributed by atoms with Crippen molar-refractivity contribution in [3.63, 3.8) is 0 Å². The summed E-state index contributed by atoms with van der Waals surface area (Å²) in [7, 11) is 0. The molecule has 2 aromatic rings. The van der Waals surface area contributed by atoms with Crippen LogP contribution in [0.1, 0.15) is 33.6 Å². The summed E-state index contributed by atoms with van der Waals surface area (Å²) in [6.07, 6.45) is 2.57. The van der Waals surface area contributed by atoms with E-state index in [-0.39, 0.29) is 18.6 Å². The fourth-order valence-electron chi connectivity index (χ4n) is 3.37. The fourth-order valence-corrected chi connectivity index (χ4v) is 3.37. The summed E-state index contributed by atoms with van der Waals surface area (Å²) in [5.74, 6) is 1.49. The molecule has 0 bridgehead atoms. The molecule has 0 spiro atoms. The van der Waals surface area contributed by atoms with E-state index in [0.29, 0.717) is 0 Å². The van der Waals surface area contributed by atoms with Crippen LogP contribution in [0.5, 0.6) is 5.75 Å². The van der Waals surface area contributed by atoms with Crippen LogP contribution in [0.2, 0.25) is 0 Å². The van der Waals surface area contributed by atoms with Gasteiger partial charge in [0.1, 0.15) is 5.75 Å². The van der Waals surface area contributed by atoms with Gasteiger partial charge in [0, 0.05) is 24.5 Å². The average molecular weight is 382 g/mol. The third-order valence-electron chi connectivity index (χ3n) is 4.99. The highest BCUT2D eigenvalue weighted by atomic mass is 16.5. The molecule has 28 heavy (non-hydrogen) atoms. The van der Waals surface area contributed by atoms with Gasteiger partial charge in [-0.2, -0.15) is 0 Å². The zero-order chi connectivity index (χ0) is 19.9. The van der Waals surface area contributed by atoms with Crippen LogP contribution in [0.4, 0.5) is 17.1 Å². The highest BCUT2D eigenvalue weighted by Crippen LogP contribution is 2.25. The van der Waals surface area contributed by atoms with Crippen molar-refractivity contribution in [3.05, 3.63) is 48.5 Å². The van der Waals surface area contributed by atoms with Crippen molar-refractivity contribution in [1.29, 1.82) is 0 Å². The number of nitrogens with zero attached hydrogens (tertiary/aromatic N) is 1. The first-order valence-corrected chi connectivity index (χ1v) is 10.2. The Kier molecular flexibility index (Phi) is 6.80. The molecule has 150 valence electrons. The number of carbonyl (C=O) groups is 1. The van der Waals surface area contributed by atoms with Crippen molar-refractivity contribution < 1.29 is 9.53 Å². The van der Waals surface area contributed by atoms with Gasteiger partial charge in [-0.15, -0.1) is 0 Å². The lowest BCUT2D eigenvalue weighted by Crippen LogP contribution is -2.32. The largest absolute Gasteiger partial charge is 0.489 e. The molecule has 2 N–H and O–H groups in total. The van der Waals surface area contributed by atoms with Gasteiger partial charge >= 0.3 is 0 Å².